The predicted octanol–water partition coefficient (Wildman–Crippen LogP) is 2.24. The van der Waals surface area contributed by atoms with Crippen molar-refractivity contribution in [2.24, 2.45) is 0 Å². The molecule has 4 heteroatoms. The molecule has 1 fully saturated rings. The molecule has 4 nitrogen and oxygen atoms in total. The molecule has 0 aromatic carbocycles. The molecule has 1 unspecified atom stereocenters. The van der Waals surface area contributed by atoms with Crippen molar-refractivity contribution >= 4 is 0 Å². The lowest BCUT2D eigenvalue weighted by Crippen LogP contribution is -2.19. The van der Waals surface area contributed by atoms with Crippen LogP contribution in [-0.2, 0) is 16.8 Å². The van der Waals surface area contributed by atoms with E-state index in [1.54, 1.807) is 0 Å². The van der Waals surface area contributed by atoms with Crippen LogP contribution in [-0.4, -0.2) is 24.7 Å². The molecule has 1 aliphatic rings. The number of hydrogen-bond acceptors (Lipinski definition) is 4. The lowest BCUT2D eigenvalue weighted by molar-refractivity contribution is -0.00163. The molecule has 17 heavy (non-hydrogen) atoms. The Labute approximate surface area is 103 Å². The monoisotopic (exact) mass is 238 g/mol. The summed E-state index contributed by atoms with van der Waals surface area (Å²) < 4.78 is 11.5. The van der Waals surface area contributed by atoms with Crippen LogP contribution < -0.4 is 5.32 Å². The van der Waals surface area contributed by atoms with E-state index < -0.39 is 0 Å². The van der Waals surface area contributed by atoms with E-state index in [2.05, 4.69) is 24.1 Å². The van der Waals surface area contributed by atoms with Crippen LogP contribution in [0.15, 0.2) is 10.6 Å². The Kier molecular flexibility index (Phi) is 4.18. The van der Waals surface area contributed by atoms with Gasteiger partial charge in [0.15, 0.2) is 11.7 Å². The van der Waals surface area contributed by atoms with Crippen LogP contribution in [0.2, 0.25) is 0 Å². The average Bonchev–Trinajstić information content (AvgIpc) is 2.94. The first kappa shape index (κ1) is 12.6. The summed E-state index contributed by atoms with van der Waals surface area (Å²) in [5.74, 6) is 1.68. The van der Waals surface area contributed by atoms with Crippen LogP contribution in [0.3, 0.4) is 0 Å². The molecule has 2 heterocycles. The summed E-state index contributed by atoms with van der Waals surface area (Å²) in [5.41, 5.74) is -0.248. The Morgan fingerprint density at radius 1 is 1.47 bits per heavy atom. The zero-order valence-electron chi connectivity index (χ0n) is 10.8. The Bertz CT molecular complexity index is 343. The third-order valence-electron chi connectivity index (χ3n) is 3.24. The van der Waals surface area contributed by atoms with Crippen molar-refractivity contribution in [1.29, 1.82) is 0 Å². The van der Waals surface area contributed by atoms with Gasteiger partial charge in [-0.15, -0.1) is 0 Å². The van der Waals surface area contributed by atoms with Crippen LogP contribution >= 0.6 is 0 Å². The third-order valence-corrected chi connectivity index (χ3v) is 3.24. The summed E-state index contributed by atoms with van der Waals surface area (Å²) >= 11 is 0. The molecule has 1 aromatic rings. The predicted molar refractivity (Wildman–Crippen MR) is 65.9 cm³/mol. The topological polar surface area (TPSA) is 47.3 Å². The molecular weight excluding hydrogens is 216 g/mol. The minimum absolute atomic E-state index is 0.248. The fraction of sp³-hybridized carbons (Fsp3) is 0.769. The number of nitrogens with one attached hydrogen (secondary N) is 1. The second-order valence-electron chi connectivity index (χ2n) is 4.80. The molecule has 0 amide bonds. The van der Waals surface area contributed by atoms with Crippen LogP contribution in [0.25, 0.3) is 0 Å². The van der Waals surface area contributed by atoms with Crippen LogP contribution in [0, 0.1) is 0 Å². The van der Waals surface area contributed by atoms with E-state index in [-0.39, 0.29) is 5.60 Å². The van der Waals surface area contributed by atoms with Gasteiger partial charge in [0.05, 0.1) is 6.20 Å². The molecule has 0 radical (unpaired) electrons. The van der Waals surface area contributed by atoms with Crippen molar-refractivity contribution in [3.8, 4) is 0 Å². The van der Waals surface area contributed by atoms with E-state index in [4.69, 9.17) is 9.15 Å². The maximum Gasteiger partial charge on any atom is 0.195 e. The van der Waals surface area contributed by atoms with Gasteiger partial charge in [0.2, 0.25) is 0 Å². The highest BCUT2D eigenvalue weighted by Gasteiger charge is 2.35. The summed E-state index contributed by atoms with van der Waals surface area (Å²) in [6.45, 7) is 7.04. The van der Waals surface area contributed by atoms with Crippen LogP contribution in [0.1, 0.15) is 44.8 Å². The van der Waals surface area contributed by atoms with Gasteiger partial charge in [-0.05, 0) is 32.7 Å². The first-order valence-electron chi connectivity index (χ1n) is 6.54. The summed E-state index contributed by atoms with van der Waals surface area (Å²) in [7, 11) is 0. The number of hydrogen-bond donors (Lipinski definition) is 1. The zero-order valence-corrected chi connectivity index (χ0v) is 10.8. The Morgan fingerprint density at radius 3 is 3.06 bits per heavy atom. The van der Waals surface area contributed by atoms with Crippen molar-refractivity contribution in [1.82, 2.24) is 10.3 Å². The SMILES string of the molecule is CCCNCCc1ncc(C2(C)CCCO2)o1. The van der Waals surface area contributed by atoms with Gasteiger partial charge >= 0.3 is 0 Å². The molecule has 0 aliphatic carbocycles. The van der Waals surface area contributed by atoms with Crippen molar-refractivity contribution in [3.05, 3.63) is 17.8 Å². The normalized spacial score (nSPS) is 24.4. The van der Waals surface area contributed by atoms with E-state index in [1.807, 2.05) is 6.20 Å². The Balaban J connectivity index is 1.87. The van der Waals surface area contributed by atoms with Gasteiger partial charge in [-0.3, -0.25) is 0 Å². The Morgan fingerprint density at radius 2 is 2.35 bits per heavy atom. The fourth-order valence-electron chi connectivity index (χ4n) is 2.14. The Hall–Kier alpha value is -0.870. The van der Waals surface area contributed by atoms with Gasteiger partial charge in [0.25, 0.3) is 0 Å². The van der Waals surface area contributed by atoms with Gasteiger partial charge in [0.1, 0.15) is 5.60 Å². The molecule has 1 atom stereocenters. The minimum Gasteiger partial charge on any atom is -0.443 e. The minimum atomic E-state index is -0.248. The van der Waals surface area contributed by atoms with Gasteiger partial charge in [0, 0.05) is 19.6 Å². The van der Waals surface area contributed by atoms with Gasteiger partial charge in [-0.25, -0.2) is 4.98 Å². The van der Waals surface area contributed by atoms with Crippen molar-refractivity contribution in [2.45, 2.75) is 45.1 Å². The number of nitrogens with zero attached hydrogens (tertiary/aromatic N) is 1. The maximum atomic E-state index is 5.77. The van der Waals surface area contributed by atoms with Crippen LogP contribution in [0.5, 0.6) is 0 Å². The molecule has 1 N–H and O–H groups in total. The molecule has 1 aliphatic heterocycles. The lowest BCUT2D eigenvalue weighted by Gasteiger charge is -2.19. The van der Waals surface area contributed by atoms with Crippen LogP contribution in [0.4, 0.5) is 0 Å². The molecule has 96 valence electrons. The first-order chi connectivity index (χ1) is 8.24. The summed E-state index contributed by atoms with van der Waals surface area (Å²) in [6, 6.07) is 0. The van der Waals surface area contributed by atoms with E-state index in [0.29, 0.717) is 0 Å². The quantitative estimate of drug-likeness (QED) is 0.772. The largest absolute Gasteiger partial charge is 0.443 e. The van der Waals surface area contributed by atoms with Crippen molar-refractivity contribution in [3.63, 3.8) is 0 Å². The smallest absolute Gasteiger partial charge is 0.195 e. The molecule has 1 saturated heterocycles. The highest BCUT2D eigenvalue weighted by Crippen LogP contribution is 2.35. The summed E-state index contributed by atoms with van der Waals surface area (Å²) in [4.78, 5) is 4.32. The molecule has 2 rings (SSSR count). The zero-order chi connectivity index (χ0) is 12.1. The fourth-order valence-corrected chi connectivity index (χ4v) is 2.14. The van der Waals surface area contributed by atoms with E-state index >= 15 is 0 Å². The maximum absolute atomic E-state index is 5.77. The average molecular weight is 238 g/mol. The van der Waals surface area contributed by atoms with Gasteiger partial charge in [-0.2, -0.15) is 0 Å². The van der Waals surface area contributed by atoms with E-state index in [0.717, 1.165) is 57.0 Å². The highest BCUT2D eigenvalue weighted by atomic mass is 16.5. The number of oxazole rings is 1. The highest BCUT2D eigenvalue weighted by molar-refractivity contribution is 5.07. The molecule has 0 saturated carbocycles. The second kappa shape index (κ2) is 5.65. The van der Waals surface area contributed by atoms with Crippen molar-refractivity contribution in [2.75, 3.05) is 19.7 Å². The van der Waals surface area contributed by atoms with Gasteiger partial charge in [-0.1, -0.05) is 6.92 Å². The summed E-state index contributed by atoms with van der Waals surface area (Å²) in [6.07, 6.45) is 5.94. The lowest BCUT2D eigenvalue weighted by atomic mass is 10.0. The second-order valence-corrected chi connectivity index (χ2v) is 4.80. The number of ether oxygens (including phenoxy) is 1. The first-order valence-corrected chi connectivity index (χ1v) is 6.54. The molecular formula is C13H22N2O2. The number of rotatable bonds is 6. The van der Waals surface area contributed by atoms with Crippen molar-refractivity contribution < 1.29 is 9.15 Å². The van der Waals surface area contributed by atoms with E-state index in [9.17, 15) is 0 Å². The molecule has 0 bridgehead atoms. The van der Waals surface area contributed by atoms with Gasteiger partial charge < -0.3 is 14.5 Å². The molecule has 1 aromatic heterocycles. The van der Waals surface area contributed by atoms with E-state index in [1.165, 1.54) is 0 Å². The standard InChI is InChI=1S/C13H22N2O2/c1-3-7-14-8-5-12-15-10-11(17-12)13(2)6-4-9-16-13/h10,14H,3-9H2,1-2H3. The molecule has 0 spiro atoms. The summed E-state index contributed by atoms with van der Waals surface area (Å²) in [5, 5.41) is 3.34. The number of aromatic nitrogens is 1. The third kappa shape index (κ3) is 3.07.